The molecule has 5 aromatic rings. The van der Waals surface area contributed by atoms with E-state index in [1.165, 1.54) is 78.0 Å². The van der Waals surface area contributed by atoms with Crippen LogP contribution in [0.4, 0.5) is 0 Å². The largest absolute Gasteiger partial charge is 0.465 e. The number of methoxy groups -OCH3 is 4. The van der Waals surface area contributed by atoms with Gasteiger partial charge < -0.3 is 18.9 Å². The summed E-state index contributed by atoms with van der Waals surface area (Å²) in [5.41, 5.74) is 4.34. The molecule has 0 atom stereocenters. The van der Waals surface area contributed by atoms with Crippen LogP contribution in [0.2, 0.25) is 0 Å². The summed E-state index contributed by atoms with van der Waals surface area (Å²) >= 11 is 0. The van der Waals surface area contributed by atoms with Crippen molar-refractivity contribution >= 4 is 72.5 Å². The highest BCUT2D eigenvalue weighted by atomic mass is 16.5. The number of ether oxygens (including phenoxy) is 4. The zero-order valence-electron chi connectivity index (χ0n) is 29.5. The molecule has 0 amide bonds. The van der Waals surface area contributed by atoms with Gasteiger partial charge in [0.1, 0.15) is 0 Å². The van der Waals surface area contributed by atoms with E-state index in [4.69, 9.17) is 28.9 Å². The van der Waals surface area contributed by atoms with Crippen molar-refractivity contribution in [3.63, 3.8) is 0 Å². The monoisotopic (exact) mass is 724 g/mol. The molecule has 0 fully saturated rings. The van der Waals surface area contributed by atoms with Gasteiger partial charge in [-0.15, -0.1) is 0 Å². The molecule has 0 unspecified atom stereocenters. The molecule has 0 aromatic carbocycles. The Kier molecular flexibility index (Phi) is 12.7. The molecule has 5 aromatic heterocycles. The minimum Gasteiger partial charge on any atom is -0.465 e. The van der Waals surface area contributed by atoms with E-state index in [0.29, 0.717) is 45.0 Å². The van der Waals surface area contributed by atoms with Gasteiger partial charge >= 0.3 is 23.9 Å². The maximum atomic E-state index is 12.5. The second kappa shape index (κ2) is 18.1. The number of carbonyl (C=O) groups is 4. The van der Waals surface area contributed by atoms with Crippen LogP contribution in [-0.4, -0.2) is 82.2 Å². The average Bonchev–Trinajstić information content (AvgIpc) is 3.22. The van der Waals surface area contributed by atoms with Gasteiger partial charge in [0, 0.05) is 49.6 Å². The summed E-state index contributed by atoms with van der Waals surface area (Å²) in [5, 5.41) is 0. The van der Waals surface area contributed by atoms with Crippen molar-refractivity contribution in [2.45, 2.75) is 0 Å². The van der Waals surface area contributed by atoms with Crippen molar-refractivity contribution in [2.24, 2.45) is 0 Å². The molecule has 0 aliphatic heterocycles. The van der Waals surface area contributed by atoms with Gasteiger partial charge in [0.05, 0.1) is 73.5 Å². The van der Waals surface area contributed by atoms with Gasteiger partial charge in [-0.25, -0.2) is 29.1 Å². The Bertz CT molecular complexity index is 2010. The molecule has 0 radical (unpaired) electrons. The number of pyridine rings is 4. The third kappa shape index (κ3) is 9.05. The molecule has 14 nitrogen and oxygen atoms in total. The third-order valence-electron chi connectivity index (χ3n) is 7.73. The van der Waals surface area contributed by atoms with E-state index in [2.05, 4.69) is 19.9 Å². The summed E-state index contributed by atoms with van der Waals surface area (Å²) in [6, 6.07) is 6.59. The summed E-state index contributed by atoms with van der Waals surface area (Å²) in [7, 11) is 5.10. The van der Waals surface area contributed by atoms with Crippen LogP contribution < -0.4 is 0 Å². The molecule has 0 saturated heterocycles. The van der Waals surface area contributed by atoms with E-state index in [1.807, 2.05) is 0 Å². The zero-order valence-corrected chi connectivity index (χ0v) is 29.5. The number of aromatic nitrogens is 6. The molecular formula is C40H32N6O8. The van der Waals surface area contributed by atoms with Crippen LogP contribution in [0, 0.1) is 0 Å². The number of esters is 4. The van der Waals surface area contributed by atoms with Gasteiger partial charge in [-0.3, -0.25) is 19.9 Å². The molecule has 0 N–H and O–H groups in total. The van der Waals surface area contributed by atoms with Crippen molar-refractivity contribution in [3.8, 4) is 0 Å². The third-order valence-corrected chi connectivity index (χ3v) is 7.73. The number of hydrogen-bond donors (Lipinski definition) is 0. The molecule has 0 bridgehead atoms. The first-order valence-electron chi connectivity index (χ1n) is 16.0. The number of nitrogens with zero attached hydrogens (tertiary/aromatic N) is 6. The normalized spacial score (nSPS) is 11.3. The van der Waals surface area contributed by atoms with Crippen molar-refractivity contribution in [3.05, 3.63) is 141 Å². The maximum Gasteiger partial charge on any atom is 0.340 e. The highest BCUT2D eigenvalue weighted by Gasteiger charge is 2.15. The van der Waals surface area contributed by atoms with Crippen LogP contribution >= 0.6 is 0 Å². The standard InChI is InChI=1S/C40H32N6O8/c1-51-37(47)29-21-41-17-13-25(29)5-9-33-34(10-6-26-14-18-42-22-30(26)38(48)52-2)46-36(12-8-28-16-20-44-24-32(28)40(50)54-4)35(45-33)11-7-27-15-19-43-23-31(27)39(49)53-3/h5-24H,1-4H3. The van der Waals surface area contributed by atoms with E-state index in [0.717, 1.165) is 0 Å². The summed E-state index contributed by atoms with van der Waals surface area (Å²) in [4.78, 5) is 76.1. The molecule has 270 valence electrons. The van der Waals surface area contributed by atoms with Crippen LogP contribution in [-0.2, 0) is 18.9 Å². The Morgan fingerprint density at radius 3 is 0.815 bits per heavy atom. The van der Waals surface area contributed by atoms with Crippen molar-refractivity contribution in [1.29, 1.82) is 0 Å². The van der Waals surface area contributed by atoms with E-state index in [-0.39, 0.29) is 22.3 Å². The Morgan fingerprint density at radius 1 is 0.389 bits per heavy atom. The molecule has 0 aliphatic rings. The van der Waals surface area contributed by atoms with Gasteiger partial charge in [0.25, 0.3) is 0 Å². The highest BCUT2D eigenvalue weighted by Crippen LogP contribution is 2.23. The topological polar surface area (TPSA) is 183 Å². The first-order valence-corrected chi connectivity index (χ1v) is 16.0. The highest BCUT2D eigenvalue weighted by molar-refractivity contribution is 5.97. The summed E-state index contributed by atoms with van der Waals surface area (Å²) in [5.74, 6) is -2.31. The Balaban J connectivity index is 1.74. The average molecular weight is 725 g/mol. The fraction of sp³-hybridized carbons (Fsp3) is 0.100. The van der Waals surface area contributed by atoms with Gasteiger partial charge in [-0.2, -0.15) is 0 Å². The van der Waals surface area contributed by atoms with E-state index < -0.39 is 23.9 Å². The number of hydrogen-bond acceptors (Lipinski definition) is 14. The van der Waals surface area contributed by atoms with Gasteiger partial charge in [-0.1, -0.05) is 24.3 Å². The summed E-state index contributed by atoms with van der Waals surface area (Å²) in [6.07, 6.45) is 25.1. The zero-order chi connectivity index (χ0) is 38.5. The van der Waals surface area contributed by atoms with Gasteiger partial charge in [0.15, 0.2) is 0 Å². The predicted octanol–water partition coefficient (Wildman–Crippen LogP) is 5.88. The molecule has 0 aliphatic carbocycles. The first kappa shape index (κ1) is 37.8. The lowest BCUT2D eigenvalue weighted by atomic mass is 10.1. The fourth-order valence-electron chi connectivity index (χ4n) is 4.98. The minimum atomic E-state index is -0.577. The second-order valence-corrected chi connectivity index (χ2v) is 10.9. The predicted molar refractivity (Wildman–Crippen MR) is 200 cm³/mol. The molecule has 14 heteroatoms. The van der Waals surface area contributed by atoms with Crippen LogP contribution in [0.1, 0.15) is 86.5 Å². The lowest BCUT2D eigenvalue weighted by molar-refractivity contribution is 0.0591. The molecular weight excluding hydrogens is 692 g/mol. The Hall–Kier alpha value is -7.48. The van der Waals surface area contributed by atoms with Crippen LogP contribution in [0.5, 0.6) is 0 Å². The molecule has 5 rings (SSSR count). The molecule has 5 heterocycles. The summed E-state index contributed by atoms with van der Waals surface area (Å²) in [6.45, 7) is 0. The van der Waals surface area contributed by atoms with Gasteiger partial charge in [0.2, 0.25) is 0 Å². The Morgan fingerprint density at radius 2 is 0.611 bits per heavy atom. The Labute approximate surface area is 309 Å². The minimum absolute atomic E-state index is 0.229. The number of rotatable bonds is 12. The lowest BCUT2D eigenvalue weighted by Gasteiger charge is -2.09. The van der Waals surface area contributed by atoms with Crippen LogP contribution in [0.15, 0.2) is 73.8 Å². The van der Waals surface area contributed by atoms with Crippen molar-refractivity contribution < 1.29 is 38.1 Å². The maximum absolute atomic E-state index is 12.5. The van der Waals surface area contributed by atoms with Gasteiger partial charge in [-0.05, 0) is 70.8 Å². The smallest absolute Gasteiger partial charge is 0.340 e. The quantitative estimate of drug-likeness (QED) is 0.110. The molecule has 54 heavy (non-hydrogen) atoms. The second-order valence-electron chi connectivity index (χ2n) is 10.9. The lowest BCUT2D eigenvalue weighted by Crippen LogP contribution is -2.05. The fourth-order valence-corrected chi connectivity index (χ4v) is 4.98. The first-order chi connectivity index (χ1) is 26.3. The molecule has 0 spiro atoms. The van der Waals surface area contributed by atoms with Crippen molar-refractivity contribution in [1.82, 2.24) is 29.9 Å². The molecule has 0 saturated carbocycles. The number of carbonyl (C=O) groups excluding carboxylic acids is 4. The van der Waals surface area contributed by atoms with Crippen molar-refractivity contribution in [2.75, 3.05) is 28.4 Å². The van der Waals surface area contributed by atoms with E-state index in [9.17, 15) is 19.2 Å². The van der Waals surface area contributed by atoms with Crippen LogP contribution in [0.3, 0.4) is 0 Å². The van der Waals surface area contributed by atoms with Crippen LogP contribution in [0.25, 0.3) is 48.6 Å². The summed E-state index contributed by atoms with van der Waals surface area (Å²) < 4.78 is 19.7. The van der Waals surface area contributed by atoms with E-state index >= 15 is 0 Å². The van der Waals surface area contributed by atoms with E-state index in [1.54, 1.807) is 72.9 Å². The SMILES string of the molecule is COC(=O)c1cnccc1C=Cc1nc(C=Cc2ccncc2C(=O)OC)c(C=Cc2ccncc2C(=O)OC)nc1C=Cc1ccncc1C(=O)OC.